The van der Waals surface area contributed by atoms with Crippen LogP contribution >= 0.6 is 0 Å². The normalized spacial score (nSPS) is 10.6. The minimum atomic E-state index is 0.159. The zero-order chi connectivity index (χ0) is 19.6. The van der Waals surface area contributed by atoms with Crippen molar-refractivity contribution in [3.63, 3.8) is 0 Å². The summed E-state index contributed by atoms with van der Waals surface area (Å²) in [6.07, 6.45) is 9.59. The Balaban J connectivity index is 2.54. The molecule has 0 unspecified atom stereocenters. The highest BCUT2D eigenvalue weighted by Crippen LogP contribution is 2.35. The summed E-state index contributed by atoms with van der Waals surface area (Å²) in [6, 6.07) is 14.0. The van der Waals surface area contributed by atoms with Crippen molar-refractivity contribution in [1.29, 1.82) is 5.26 Å². The predicted octanol–water partition coefficient (Wildman–Crippen LogP) is 5.20. The fraction of sp³-hybridized carbons (Fsp3) is 0.208. The Labute approximate surface area is 161 Å². The van der Waals surface area contributed by atoms with E-state index >= 15 is 0 Å². The summed E-state index contributed by atoms with van der Waals surface area (Å²) < 4.78 is 11.5. The van der Waals surface area contributed by atoms with Crippen molar-refractivity contribution in [2.45, 2.75) is 20.3 Å². The third-order valence-corrected chi connectivity index (χ3v) is 3.91. The second-order valence-electron chi connectivity index (χ2n) is 5.96. The highest BCUT2D eigenvalue weighted by Gasteiger charge is 2.13. The van der Waals surface area contributed by atoms with Gasteiger partial charge in [-0.25, -0.2) is 0 Å². The fourth-order valence-corrected chi connectivity index (χ4v) is 2.69. The zero-order valence-electron chi connectivity index (χ0n) is 15.8. The molecular formula is C24H23NO2. The lowest BCUT2D eigenvalue weighted by Crippen LogP contribution is -2.03. The van der Waals surface area contributed by atoms with Gasteiger partial charge in [-0.05, 0) is 49.6 Å². The number of terminal acetylenes is 1. The maximum atomic E-state index is 9.61. The highest BCUT2D eigenvalue weighted by molar-refractivity contribution is 5.90. The van der Waals surface area contributed by atoms with E-state index in [9.17, 15) is 5.26 Å². The van der Waals surface area contributed by atoms with E-state index in [1.54, 1.807) is 6.08 Å². The lowest BCUT2D eigenvalue weighted by molar-refractivity contribution is 0.297. The molecule has 0 aliphatic rings. The summed E-state index contributed by atoms with van der Waals surface area (Å²) in [5.74, 6) is 3.71. The molecule has 0 N–H and O–H groups in total. The molecule has 0 aliphatic carbocycles. The SMILES string of the molecule is C#CCOc1c(CC=C)cc(/C=C(/C#N)c2ccc(C)cc2)cc1OCC. The molecule has 0 saturated carbocycles. The molecule has 0 radical (unpaired) electrons. The molecule has 2 aromatic rings. The Bertz CT molecular complexity index is 909. The van der Waals surface area contributed by atoms with Gasteiger partial charge in [0, 0.05) is 5.56 Å². The largest absolute Gasteiger partial charge is 0.490 e. The van der Waals surface area contributed by atoms with Crippen LogP contribution in [0.25, 0.3) is 11.6 Å². The molecule has 0 aliphatic heterocycles. The minimum absolute atomic E-state index is 0.159. The van der Waals surface area contributed by atoms with Gasteiger partial charge >= 0.3 is 0 Å². The molecule has 0 bridgehead atoms. The van der Waals surface area contributed by atoms with E-state index in [-0.39, 0.29) is 6.61 Å². The van der Waals surface area contributed by atoms with Crippen LogP contribution in [0.1, 0.15) is 29.2 Å². The van der Waals surface area contributed by atoms with Crippen molar-refractivity contribution in [2.24, 2.45) is 0 Å². The van der Waals surface area contributed by atoms with Crippen LogP contribution in [0, 0.1) is 30.6 Å². The molecule has 136 valence electrons. The highest BCUT2D eigenvalue weighted by atomic mass is 16.5. The molecule has 0 aromatic heterocycles. The van der Waals surface area contributed by atoms with Crippen molar-refractivity contribution in [2.75, 3.05) is 13.2 Å². The molecule has 2 rings (SSSR count). The van der Waals surface area contributed by atoms with E-state index in [2.05, 4.69) is 18.6 Å². The van der Waals surface area contributed by atoms with E-state index in [1.165, 1.54) is 0 Å². The van der Waals surface area contributed by atoms with Crippen LogP contribution in [0.3, 0.4) is 0 Å². The number of nitrogens with zero attached hydrogens (tertiary/aromatic N) is 1. The first-order chi connectivity index (χ1) is 13.1. The first-order valence-electron chi connectivity index (χ1n) is 8.78. The Morgan fingerprint density at radius 2 is 1.96 bits per heavy atom. The van der Waals surface area contributed by atoms with Crippen LogP contribution in [0.2, 0.25) is 0 Å². The standard InChI is InChI=1S/C24H23NO2/c1-5-8-21-14-19(16-23(26-7-3)24(21)27-13-6-2)15-22(17-25)20-11-9-18(4)10-12-20/h2,5,9-12,14-16H,1,7-8,13H2,3-4H3/b22-15-. The van der Waals surface area contributed by atoms with E-state index in [0.29, 0.717) is 30.1 Å². The number of aryl methyl sites for hydroxylation is 1. The van der Waals surface area contributed by atoms with Gasteiger partial charge in [-0.3, -0.25) is 0 Å². The summed E-state index contributed by atoms with van der Waals surface area (Å²) in [5.41, 5.74) is 4.38. The summed E-state index contributed by atoms with van der Waals surface area (Å²) >= 11 is 0. The summed E-state index contributed by atoms with van der Waals surface area (Å²) in [6.45, 7) is 8.39. The fourth-order valence-electron chi connectivity index (χ4n) is 2.69. The second kappa shape index (κ2) is 9.90. The molecule has 0 heterocycles. The number of rotatable bonds is 8. The van der Waals surface area contributed by atoms with Crippen molar-refractivity contribution in [3.8, 4) is 29.9 Å². The van der Waals surface area contributed by atoms with E-state index in [1.807, 2.05) is 56.3 Å². The van der Waals surface area contributed by atoms with E-state index in [0.717, 1.165) is 22.3 Å². The zero-order valence-corrected chi connectivity index (χ0v) is 15.8. The molecular weight excluding hydrogens is 334 g/mol. The molecule has 3 nitrogen and oxygen atoms in total. The van der Waals surface area contributed by atoms with E-state index in [4.69, 9.17) is 15.9 Å². The number of nitriles is 1. The van der Waals surface area contributed by atoms with Crippen molar-refractivity contribution in [3.05, 3.63) is 71.3 Å². The van der Waals surface area contributed by atoms with Gasteiger partial charge in [0.15, 0.2) is 11.5 Å². The van der Waals surface area contributed by atoms with Crippen LogP contribution in [0.4, 0.5) is 0 Å². The lowest BCUT2D eigenvalue weighted by Gasteiger charge is -2.15. The van der Waals surface area contributed by atoms with Gasteiger partial charge in [-0.2, -0.15) is 5.26 Å². The first-order valence-corrected chi connectivity index (χ1v) is 8.78. The quantitative estimate of drug-likeness (QED) is 0.282. The van der Waals surface area contributed by atoms with Gasteiger partial charge < -0.3 is 9.47 Å². The van der Waals surface area contributed by atoms with E-state index < -0.39 is 0 Å². The van der Waals surface area contributed by atoms with Gasteiger partial charge in [0.25, 0.3) is 0 Å². The number of hydrogen-bond acceptors (Lipinski definition) is 3. The molecule has 27 heavy (non-hydrogen) atoms. The first kappa shape index (κ1) is 19.9. The summed E-state index contributed by atoms with van der Waals surface area (Å²) in [4.78, 5) is 0. The van der Waals surface area contributed by atoms with Crippen LogP contribution in [-0.2, 0) is 6.42 Å². The third-order valence-electron chi connectivity index (χ3n) is 3.91. The number of benzene rings is 2. The van der Waals surface area contributed by atoms with Crippen molar-refractivity contribution in [1.82, 2.24) is 0 Å². The second-order valence-corrected chi connectivity index (χ2v) is 5.96. The Hall–Kier alpha value is -3.43. The van der Waals surface area contributed by atoms with Crippen LogP contribution in [-0.4, -0.2) is 13.2 Å². The van der Waals surface area contributed by atoms with Gasteiger partial charge in [0.2, 0.25) is 0 Å². The smallest absolute Gasteiger partial charge is 0.166 e. The van der Waals surface area contributed by atoms with Gasteiger partial charge in [0.1, 0.15) is 6.61 Å². The lowest BCUT2D eigenvalue weighted by atomic mass is 10.00. The Kier molecular flexibility index (Phi) is 7.29. The molecule has 0 fully saturated rings. The van der Waals surface area contributed by atoms with Crippen LogP contribution in [0.15, 0.2) is 49.1 Å². The molecule has 2 aromatic carbocycles. The average Bonchev–Trinajstić information content (AvgIpc) is 2.67. The topological polar surface area (TPSA) is 42.2 Å². The number of hydrogen-bond donors (Lipinski definition) is 0. The van der Waals surface area contributed by atoms with Crippen LogP contribution in [0.5, 0.6) is 11.5 Å². The maximum Gasteiger partial charge on any atom is 0.166 e. The number of ether oxygens (including phenoxy) is 2. The van der Waals surface area contributed by atoms with Gasteiger partial charge in [0.05, 0.1) is 18.2 Å². The Morgan fingerprint density at radius 3 is 2.56 bits per heavy atom. The predicted molar refractivity (Wildman–Crippen MR) is 111 cm³/mol. The summed E-state index contributed by atoms with van der Waals surface area (Å²) in [5, 5.41) is 9.61. The monoisotopic (exact) mass is 357 g/mol. The van der Waals surface area contributed by atoms with Crippen molar-refractivity contribution >= 4 is 11.6 Å². The molecule has 0 atom stereocenters. The van der Waals surface area contributed by atoms with Crippen LogP contribution < -0.4 is 9.47 Å². The average molecular weight is 357 g/mol. The molecule has 0 saturated heterocycles. The maximum absolute atomic E-state index is 9.61. The van der Waals surface area contributed by atoms with Gasteiger partial charge in [-0.1, -0.05) is 41.8 Å². The summed E-state index contributed by atoms with van der Waals surface area (Å²) in [7, 11) is 0. The molecule has 3 heteroatoms. The molecule has 0 amide bonds. The number of allylic oxidation sites excluding steroid dienone is 2. The van der Waals surface area contributed by atoms with Gasteiger partial charge in [-0.15, -0.1) is 13.0 Å². The minimum Gasteiger partial charge on any atom is -0.490 e. The third kappa shape index (κ3) is 5.27. The Morgan fingerprint density at radius 1 is 1.22 bits per heavy atom. The van der Waals surface area contributed by atoms with Crippen molar-refractivity contribution < 1.29 is 9.47 Å². The molecule has 0 spiro atoms.